The summed E-state index contributed by atoms with van der Waals surface area (Å²) >= 11 is 4.73. The molecule has 0 atom stereocenters. The molecule has 0 unspecified atom stereocenters. The second kappa shape index (κ2) is 7.45. The lowest BCUT2D eigenvalue weighted by atomic mass is 9.84. The summed E-state index contributed by atoms with van der Waals surface area (Å²) in [5.41, 5.74) is 2.37. The van der Waals surface area contributed by atoms with Crippen LogP contribution in [0.15, 0.2) is 56.2 Å². The highest BCUT2D eigenvalue weighted by Gasteiger charge is 2.33. The van der Waals surface area contributed by atoms with Crippen molar-refractivity contribution >= 4 is 54.5 Å². The zero-order chi connectivity index (χ0) is 20.8. The van der Waals surface area contributed by atoms with Crippen molar-refractivity contribution < 1.29 is 13.2 Å². The SMILES string of the molecule is CC(C)(CNC(=O)c1ccc2c(c1)SC1=NS(=O)(=O)CCN12)c1ccc(Br)cc1. The Morgan fingerprint density at radius 1 is 1.24 bits per heavy atom. The number of nitrogens with zero attached hydrogens (tertiary/aromatic N) is 2. The van der Waals surface area contributed by atoms with E-state index in [1.807, 2.05) is 35.2 Å². The van der Waals surface area contributed by atoms with E-state index in [1.54, 1.807) is 12.1 Å². The van der Waals surface area contributed by atoms with Gasteiger partial charge in [0.25, 0.3) is 15.9 Å². The largest absolute Gasteiger partial charge is 0.351 e. The minimum absolute atomic E-state index is 0.00385. The molecule has 0 aliphatic carbocycles. The molecule has 152 valence electrons. The van der Waals surface area contributed by atoms with Gasteiger partial charge < -0.3 is 10.2 Å². The summed E-state index contributed by atoms with van der Waals surface area (Å²) in [4.78, 5) is 15.5. The van der Waals surface area contributed by atoms with Crippen LogP contribution in [0, 0.1) is 0 Å². The van der Waals surface area contributed by atoms with Crippen LogP contribution >= 0.6 is 27.7 Å². The van der Waals surface area contributed by atoms with E-state index < -0.39 is 10.0 Å². The average Bonchev–Trinajstić information content (AvgIpc) is 3.01. The van der Waals surface area contributed by atoms with Crippen molar-refractivity contribution in [2.45, 2.75) is 24.2 Å². The highest BCUT2D eigenvalue weighted by molar-refractivity contribution is 9.10. The third-order valence-corrected chi connectivity index (χ3v) is 7.89. The van der Waals surface area contributed by atoms with Crippen molar-refractivity contribution in [1.29, 1.82) is 0 Å². The summed E-state index contributed by atoms with van der Waals surface area (Å²) in [6, 6.07) is 13.5. The number of rotatable bonds is 4. The van der Waals surface area contributed by atoms with Gasteiger partial charge in [0.15, 0.2) is 5.17 Å². The molecule has 29 heavy (non-hydrogen) atoms. The molecule has 0 spiro atoms. The predicted molar refractivity (Wildman–Crippen MR) is 120 cm³/mol. The maximum absolute atomic E-state index is 12.7. The number of benzene rings is 2. The maximum atomic E-state index is 12.7. The van der Waals surface area contributed by atoms with Crippen LogP contribution in [0.4, 0.5) is 5.69 Å². The Morgan fingerprint density at radius 2 is 1.97 bits per heavy atom. The minimum atomic E-state index is -3.39. The third kappa shape index (κ3) is 4.22. The van der Waals surface area contributed by atoms with Crippen molar-refractivity contribution in [3.05, 3.63) is 58.1 Å². The number of sulfonamides is 1. The molecular formula is C20H20BrN3O3S2. The smallest absolute Gasteiger partial charge is 0.257 e. The fourth-order valence-corrected chi connectivity index (χ4v) is 5.84. The number of carbonyl (C=O) groups excluding carboxylic acids is 1. The molecule has 2 aromatic carbocycles. The van der Waals surface area contributed by atoms with Crippen LogP contribution in [-0.4, -0.2) is 38.3 Å². The number of amides is 1. The van der Waals surface area contributed by atoms with Gasteiger partial charge in [-0.2, -0.15) is 0 Å². The van der Waals surface area contributed by atoms with E-state index in [1.165, 1.54) is 11.8 Å². The van der Waals surface area contributed by atoms with E-state index in [9.17, 15) is 13.2 Å². The zero-order valence-corrected chi connectivity index (χ0v) is 19.2. The standard InChI is InChI=1S/C20H20BrN3O3S2/c1-20(2,14-4-6-15(21)7-5-14)12-22-18(25)13-3-8-16-17(11-13)28-19-23-29(26,27)10-9-24(16)19/h3-8,11H,9-10,12H2,1-2H3,(H,22,25). The highest BCUT2D eigenvalue weighted by atomic mass is 79.9. The fraction of sp³-hybridized carbons (Fsp3) is 0.300. The van der Waals surface area contributed by atoms with Crippen molar-refractivity contribution in [2.24, 2.45) is 4.40 Å². The molecule has 4 rings (SSSR count). The number of hydrogen-bond donors (Lipinski definition) is 1. The Bertz CT molecular complexity index is 1110. The Balaban J connectivity index is 1.48. The van der Waals surface area contributed by atoms with Crippen LogP contribution in [0.1, 0.15) is 29.8 Å². The second-order valence-corrected chi connectivity index (χ2v) is 11.3. The maximum Gasteiger partial charge on any atom is 0.257 e. The number of carbonyl (C=O) groups is 1. The van der Waals surface area contributed by atoms with E-state index in [4.69, 9.17) is 0 Å². The molecule has 2 heterocycles. The number of amidine groups is 1. The van der Waals surface area contributed by atoms with Crippen LogP contribution < -0.4 is 10.2 Å². The summed E-state index contributed by atoms with van der Waals surface area (Å²) in [6.45, 7) is 5.06. The molecule has 0 bridgehead atoms. The Kier molecular flexibility index (Phi) is 5.25. The summed E-state index contributed by atoms with van der Waals surface area (Å²) in [5.74, 6) is -0.151. The van der Waals surface area contributed by atoms with Crippen LogP contribution in [0.3, 0.4) is 0 Å². The lowest BCUT2D eigenvalue weighted by molar-refractivity contribution is 0.0945. The van der Waals surface area contributed by atoms with E-state index >= 15 is 0 Å². The molecule has 0 fully saturated rings. The molecule has 6 nitrogen and oxygen atoms in total. The summed E-state index contributed by atoms with van der Waals surface area (Å²) < 4.78 is 28.3. The number of fused-ring (bicyclic) bond motifs is 3. The Morgan fingerprint density at radius 3 is 2.69 bits per heavy atom. The Hall–Kier alpha value is -1.84. The molecular weight excluding hydrogens is 474 g/mol. The van der Waals surface area contributed by atoms with Gasteiger partial charge in [0, 0.05) is 33.4 Å². The first-order chi connectivity index (χ1) is 13.6. The van der Waals surface area contributed by atoms with E-state index in [0.29, 0.717) is 23.8 Å². The van der Waals surface area contributed by atoms with E-state index in [-0.39, 0.29) is 17.1 Å². The van der Waals surface area contributed by atoms with Crippen LogP contribution in [0.5, 0.6) is 0 Å². The number of halogens is 1. The molecule has 0 radical (unpaired) electrons. The molecule has 1 amide bonds. The molecule has 1 N–H and O–H groups in total. The van der Waals surface area contributed by atoms with Gasteiger partial charge in [0.2, 0.25) is 0 Å². The van der Waals surface area contributed by atoms with Crippen LogP contribution in [-0.2, 0) is 15.4 Å². The van der Waals surface area contributed by atoms with E-state index in [0.717, 1.165) is 20.6 Å². The number of nitrogens with one attached hydrogen (secondary N) is 1. The molecule has 2 aliphatic heterocycles. The number of hydrogen-bond acceptors (Lipinski definition) is 5. The second-order valence-electron chi connectivity index (χ2n) is 7.67. The van der Waals surface area contributed by atoms with Crippen molar-refractivity contribution in [1.82, 2.24) is 5.32 Å². The van der Waals surface area contributed by atoms with Crippen LogP contribution in [0.25, 0.3) is 0 Å². The van der Waals surface area contributed by atoms with Gasteiger partial charge in [-0.3, -0.25) is 4.79 Å². The minimum Gasteiger partial charge on any atom is -0.351 e. The third-order valence-electron chi connectivity index (χ3n) is 5.05. The number of anilines is 1. The van der Waals surface area contributed by atoms with Gasteiger partial charge in [0.05, 0.1) is 11.4 Å². The summed E-state index contributed by atoms with van der Waals surface area (Å²) in [5, 5.41) is 3.48. The van der Waals surface area contributed by atoms with Gasteiger partial charge in [0.1, 0.15) is 0 Å². The van der Waals surface area contributed by atoms with Crippen LogP contribution in [0.2, 0.25) is 0 Å². The molecule has 0 saturated carbocycles. The lowest BCUT2D eigenvalue weighted by Gasteiger charge is -2.26. The van der Waals surface area contributed by atoms with Crippen molar-refractivity contribution in [3.8, 4) is 0 Å². The molecule has 0 saturated heterocycles. The average molecular weight is 494 g/mol. The fourth-order valence-electron chi connectivity index (χ4n) is 3.28. The van der Waals surface area contributed by atoms with E-state index in [2.05, 4.69) is 39.5 Å². The van der Waals surface area contributed by atoms with Crippen molar-refractivity contribution in [3.63, 3.8) is 0 Å². The zero-order valence-electron chi connectivity index (χ0n) is 16.0. The predicted octanol–water partition coefficient (Wildman–Crippen LogP) is 3.77. The number of thioether (sulfide) groups is 1. The van der Waals surface area contributed by atoms with Gasteiger partial charge in [-0.1, -0.05) is 41.9 Å². The van der Waals surface area contributed by atoms with Gasteiger partial charge >= 0.3 is 0 Å². The quantitative estimate of drug-likeness (QED) is 0.700. The molecule has 0 aromatic heterocycles. The molecule has 2 aromatic rings. The topological polar surface area (TPSA) is 78.8 Å². The monoisotopic (exact) mass is 493 g/mol. The van der Waals surface area contributed by atoms with Crippen molar-refractivity contribution in [2.75, 3.05) is 23.7 Å². The lowest BCUT2D eigenvalue weighted by Crippen LogP contribution is -2.36. The summed E-state index contributed by atoms with van der Waals surface area (Å²) in [6.07, 6.45) is 0. The summed E-state index contributed by atoms with van der Waals surface area (Å²) in [7, 11) is -3.39. The first kappa shape index (κ1) is 20.4. The molecule has 2 aliphatic rings. The van der Waals surface area contributed by atoms with Gasteiger partial charge in [-0.25, -0.2) is 8.42 Å². The normalized spacial score (nSPS) is 17.3. The first-order valence-electron chi connectivity index (χ1n) is 9.11. The first-order valence-corrected chi connectivity index (χ1v) is 12.3. The van der Waals surface area contributed by atoms with Gasteiger partial charge in [-0.15, -0.1) is 4.40 Å². The van der Waals surface area contributed by atoms with Gasteiger partial charge in [-0.05, 0) is 47.7 Å². The molecule has 9 heteroatoms. The Labute approximate surface area is 183 Å². The highest BCUT2D eigenvalue weighted by Crippen LogP contribution is 2.42.